The predicted octanol–water partition coefficient (Wildman–Crippen LogP) is 2.77. The number of rotatable bonds is 1. The smallest absolute Gasteiger partial charge is 0.144 e. The standard InChI is InChI=1S/C8H5FI/c1-2-6-4-3-5-7(10)8(6)9/h3-5H,1H2. The van der Waals surface area contributed by atoms with Crippen molar-refractivity contribution < 1.29 is 4.39 Å². The fourth-order valence-corrected chi connectivity index (χ4v) is 1.14. The Hall–Kier alpha value is -0.380. The van der Waals surface area contributed by atoms with E-state index in [9.17, 15) is 4.39 Å². The van der Waals surface area contributed by atoms with Crippen LogP contribution in [0.25, 0.3) is 0 Å². The van der Waals surface area contributed by atoms with Gasteiger partial charge in [0.25, 0.3) is 0 Å². The molecule has 0 nitrogen and oxygen atoms in total. The van der Waals surface area contributed by atoms with Crippen LogP contribution in [0.3, 0.4) is 0 Å². The fourth-order valence-electron chi connectivity index (χ4n) is 0.640. The highest BCUT2D eigenvalue weighted by molar-refractivity contribution is 14.1. The van der Waals surface area contributed by atoms with E-state index in [0.717, 1.165) is 0 Å². The van der Waals surface area contributed by atoms with E-state index >= 15 is 0 Å². The van der Waals surface area contributed by atoms with E-state index in [0.29, 0.717) is 9.13 Å². The molecular weight excluding hydrogens is 242 g/mol. The van der Waals surface area contributed by atoms with Gasteiger partial charge in [-0.15, -0.1) is 0 Å². The van der Waals surface area contributed by atoms with E-state index < -0.39 is 0 Å². The van der Waals surface area contributed by atoms with Gasteiger partial charge in [0.05, 0.1) is 0 Å². The minimum Gasteiger partial charge on any atom is -0.205 e. The Morgan fingerprint density at radius 2 is 2.20 bits per heavy atom. The van der Waals surface area contributed by atoms with Crippen LogP contribution in [0.1, 0.15) is 5.56 Å². The summed E-state index contributed by atoms with van der Waals surface area (Å²) in [5, 5.41) is 0. The van der Waals surface area contributed by atoms with Crippen LogP contribution < -0.4 is 0 Å². The average Bonchev–Trinajstić information content (AvgIpc) is 1.95. The molecule has 0 N–H and O–H groups in total. The molecule has 1 aromatic carbocycles. The van der Waals surface area contributed by atoms with Crippen molar-refractivity contribution in [2.24, 2.45) is 0 Å². The third kappa shape index (κ3) is 1.37. The lowest BCUT2D eigenvalue weighted by atomic mass is 10.2. The van der Waals surface area contributed by atoms with Gasteiger partial charge in [-0.25, -0.2) is 4.39 Å². The number of halogens is 2. The highest BCUT2D eigenvalue weighted by Crippen LogP contribution is 2.14. The van der Waals surface area contributed by atoms with Gasteiger partial charge in [-0.1, -0.05) is 18.7 Å². The zero-order chi connectivity index (χ0) is 7.56. The van der Waals surface area contributed by atoms with E-state index in [1.165, 1.54) is 0 Å². The first-order valence-electron chi connectivity index (χ1n) is 2.73. The highest BCUT2D eigenvalue weighted by atomic mass is 127. The second kappa shape index (κ2) is 3.14. The third-order valence-electron chi connectivity index (χ3n) is 1.14. The summed E-state index contributed by atoms with van der Waals surface area (Å²) in [6.45, 7) is 3.36. The van der Waals surface area contributed by atoms with Crippen molar-refractivity contribution in [1.29, 1.82) is 0 Å². The topological polar surface area (TPSA) is 0 Å². The van der Waals surface area contributed by atoms with Gasteiger partial charge in [0, 0.05) is 9.13 Å². The highest BCUT2D eigenvalue weighted by Gasteiger charge is 2.00. The Labute approximate surface area is 72.9 Å². The molecule has 51 valence electrons. The molecule has 0 amide bonds. The van der Waals surface area contributed by atoms with Gasteiger partial charge < -0.3 is 0 Å². The molecule has 0 fully saturated rings. The van der Waals surface area contributed by atoms with Crippen LogP contribution in [0.15, 0.2) is 24.8 Å². The van der Waals surface area contributed by atoms with Gasteiger partial charge in [0.15, 0.2) is 0 Å². The van der Waals surface area contributed by atoms with Crippen molar-refractivity contribution in [3.05, 3.63) is 45.8 Å². The average molecular weight is 247 g/mol. The van der Waals surface area contributed by atoms with Crippen molar-refractivity contribution in [3.63, 3.8) is 0 Å². The molecule has 2 heteroatoms. The minimum atomic E-state index is -0.238. The van der Waals surface area contributed by atoms with Crippen LogP contribution in [0.2, 0.25) is 0 Å². The van der Waals surface area contributed by atoms with Crippen molar-refractivity contribution in [2.45, 2.75) is 0 Å². The molecule has 1 radical (unpaired) electrons. The Kier molecular flexibility index (Phi) is 2.43. The summed E-state index contributed by atoms with van der Waals surface area (Å²) in [4.78, 5) is 0. The van der Waals surface area contributed by atoms with Crippen LogP contribution >= 0.6 is 22.6 Å². The van der Waals surface area contributed by atoms with Crippen molar-refractivity contribution in [2.75, 3.05) is 0 Å². The lowest BCUT2D eigenvalue weighted by molar-refractivity contribution is 0.614. The maximum absolute atomic E-state index is 12.9. The lowest BCUT2D eigenvalue weighted by Crippen LogP contribution is -1.85. The number of hydrogen-bond donors (Lipinski definition) is 0. The monoisotopic (exact) mass is 247 g/mol. The lowest BCUT2D eigenvalue weighted by Gasteiger charge is -1.95. The first kappa shape index (κ1) is 7.72. The summed E-state index contributed by atoms with van der Waals surface area (Å²) >= 11 is 1.93. The quantitative estimate of drug-likeness (QED) is 0.669. The van der Waals surface area contributed by atoms with E-state index in [1.807, 2.05) is 22.6 Å². The maximum atomic E-state index is 12.9. The maximum Gasteiger partial charge on any atom is 0.144 e. The Balaban J connectivity index is 3.27. The molecule has 0 aliphatic carbocycles. The Morgan fingerprint density at radius 1 is 1.50 bits per heavy atom. The van der Waals surface area contributed by atoms with E-state index in [4.69, 9.17) is 0 Å². The SMILES string of the molecule is C=[C]c1cccc(I)c1F. The van der Waals surface area contributed by atoms with Crippen LogP contribution in [0, 0.1) is 15.5 Å². The van der Waals surface area contributed by atoms with Gasteiger partial charge in [-0.3, -0.25) is 0 Å². The van der Waals surface area contributed by atoms with Crippen molar-refractivity contribution >= 4 is 22.6 Å². The molecule has 0 aliphatic heterocycles. The van der Waals surface area contributed by atoms with Crippen molar-refractivity contribution in [1.82, 2.24) is 0 Å². The number of benzene rings is 1. The molecule has 10 heavy (non-hydrogen) atoms. The van der Waals surface area contributed by atoms with Crippen LogP contribution in [-0.4, -0.2) is 0 Å². The molecule has 0 unspecified atom stereocenters. The summed E-state index contributed by atoms with van der Waals surface area (Å²) in [6.07, 6.45) is 2.51. The molecule has 0 aliphatic rings. The molecule has 0 saturated heterocycles. The largest absolute Gasteiger partial charge is 0.205 e. The van der Waals surface area contributed by atoms with E-state index in [-0.39, 0.29) is 5.82 Å². The third-order valence-corrected chi connectivity index (χ3v) is 1.98. The second-order valence-corrected chi connectivity index (χ2v) is 2.94. The Morgan fingerprint density at radius 3 is 2.70 bits per heavy atom. The van der Waals surface area contributed by atoms with Crippen LogP contribution in [0.5, 0.6) is 0 Å². The summed E-state index contributed by atoms with van der Waals surface area (Å²) < 4.78 is 13.5. The number of hydrogen-bond acceptors (Lipinski definition) is 0. The summed E-state index contributed by atoms with van der Waals surface area (Å²) in [7, 11) is 0. The van der Waals surface area contributed by atoms with Crippen LogP contribution in [-0.2, 0) is 0 Å². The zero-order valence-electron chi connectivity index (χ0n) is 5.20. The Bertz CT molecular complexity index is 255. The first-order chi connectivity index (χ1) is 4.75. The van der Waals surface area contributed by atoms with E-state index in [1.54, 1.807) is 18.2 Å². The van der Waals surface area contributed by atoms with Gasteiger partial charge in [-0.05, 0) is 34.7 Å². The summed E-state index contributed by atoms with van der Waals surface area (Å²) in [5.41, 5.74) is 0.437. The molecule has 0 heterocycles. The molecule has 1 aromatic rings. The molecule has 0 atom stereocenters. The van der Waals surface area contributed by atoms with E-state index in [2.05, 4.69) is 12.7 Å². The van der Waals surface area contributed by atoms with Crippen molar-refractivity contribution in [3.8, 4) is 0 Å². The molecular formula is C8H5FI. The molecule has 0 spiro atoms. The molecule has 0 saturated carbocycles. The van der Waals surface area contributed by atoms with Gasteiger partial charge >= 0.3 is 0 Å². The molecule has 0 bridgehead atoms. The second-order valence-electron chi connectivity index (χ2n) is 1.78. The molecule has 1 rings (SSSR count). The predicted molar refractivity (Wildman–Crippen MR) is 47.1 cm³/mol. The zero-order valence-corrected chi connectivity index (χ0v) is 7.35. The molecule has 0 aromatic heterocycles. The summed E-state index contributed by atoms with van der Waals surface area (Å²) in [5.74, 6) is -0.238. The first-order valence-corrected chi connectivity index (χ1v) is 3.80. The van der Waals surface area contributed by atoms with Crippen LogP contribution in [0.4, 0.5) is 4.39 Å². The fraction of sp³-hybridized carbons (Fsp3) is 0. The normalized spacial score (nSPS) is 9.40. The van der Waals surface area contributed by atoms with Gasteiger partial charge in [0.2, 0.25) is 0 Å². The summed E-state index contributed by atoms with van der Waals surface area (Å²) in [6, 6.07) is 5.12. The van der Waals surface area contributed by atoms with Gasteiger partial charge in [0.1, 0.15) is 5.82 Å². The minimum absolute atomic E-state index is 0.238. The van der Waals surface area contributed by atoms with Gasteiger partial charge in [-0.2, -0.15) is 0 Å².